The van der Waals surface area contributed by atoms with Gasteiger partial charge in [0.2, 0.25) is 0 Å². The third kappa shape index (κ3) is 4.72. The third-order valence-electron chi connectivity index (χ3n) is 5.46. The standard InChI is InChI=1S/C23H23ClFN3O3S/c1-30-20-7-6-15(12-21(20)31-2)22-26-19(14-32-22)23(29)28-10-8-27(9-11-28)13-16-17(24)4-3-5-18(16)25/h3-7,12,14H,8-11,13H2,1-2H3. The fraction of sp³-hybridized carbons (Fsp3) is 0.304. The summed E-state index contributed by atoms with van der Waals surface area (Å²) in [7, 11) is 3.17. The molecule has 1 aliphatic rings. The van der Waals surface area contributed by atoms with E-state index >= 15 is 0 Å². The third-order valence-corrected chi connectivity index (χ3v) is 6.70. The second kappa shape index (κ2) is 9.85. The van der Waals surface area contributed by atoms with Crippen molar-refractivity contribution < 1.29 is 18.7 Å². The summed E-state index contributed by atoms with van der Waals surface area (Å²) in [6.45, 7) is 2.81. The van der Waals surface area contributed by atoms with Crippen LogP contribution in [-0.4, -0.2) is 61.1 Å². The predicted molar refractivity (Wildman–Crippen MR) is 123 cm³/mol. The molecule has 1 aromatic heterocycles. The first-order chi connectivity index (χ1) is 15.5. The second-order valence-corrected chi connectivity index (χ2v) is 8.64. The van der Waals surface area contributed by atoms with Gasteiger partial charge in [0, 0.05) is 54.3 Å². The first-order valence-electron chi connectivity index (χ1n) is 10.1. The summed E-state index contributed by atoms with van der Waals surface area (Å²) in [4.78, 5) is 21.4. The molecule has 1 amide bonds. The average Bonchev–Trinajstić information content (AvgIpc) is 3.31. The zero-order chi connectivity index (χ0) is 22.7. The first-order valence-corrected chi connectivity index (χ1v) is 11.4. The maximum Gasteiger partial charge on any atom is 0.273 e. The highest BCUT2D eigenvalue weighted by Crippen LogP contribution is 2.33. The number of amides is 1. The van der Waals surface area contributed by atoms with Crippen LogP contribution >= 0.6 is 22.9 Å². The Morgan fingerprint density at radius 2 is 1.88 bits per heavy atom. The summed E-state index contributed by atoms with van der Waals surface area (Å²) in [5, 5.41) is 2.94. The van der Waals surface area contributed by atoms with Crippen LogP contribution in [0.3, 0.4) is 0 Å². The number of nitrogens with zero attached hydrogens (tertiary/aromatic N) is 3. The minimum atomic E-state index is -0.304. The molecule has 9 heteroatoms. The molecule has 0 saturated carbocycles. The fourth-order valence-electron chi connectivity index (χ4n) is 3.65. The zero-order valence-electron chi connectivity index (χ0n) is 17.8. The van der Waals surface area contributed by atoms with Gasteiger partial charge in [0.05, 0.1) is 14.2 Å². The van der Waals surface area contributed by atoms with E-state index in [0.717, 1.165) is 10.6 Å². The van der Waals surface area contributed by atoms with Gasteiger partial charge >= 0.3 is 0 Å². The van der Waals surface area contributed by atoms with Crippen LogP contribution in [0.15, 0.2) is 41.8 Å². The number of hydrogen-bond donors (Lipinski definition) is 0. The Balaban J connectivity index is 1.40. The van der Waals surface area contributed by atoms with Crippen molar-refractivity contribution in [3.63, 3.8) is 0 Å². The number of methoxy groups -OCH3 is 2. The smallest absolute Gasteiger partial charge is 0.273 e. The van der Waals surface area contributed by atoms with Crippen LogP contribution in [0.2, 0.25) is 5.02 Å². The van der Waals surface area contributed by atoms with E-state index in [0.29, 0.717) is 60.5 Å². The normalized spacial score (nSPS) is 14.4. The maximum atomic E-state index is 14.1. The number of rotatable bonds is 6. The molecule has 1 saturated heterocycles. The van der Waals surface area contributed by atoms with Gasteiger partial charge in [-0.05, 0) is 30.3 Å². The van der Waals surface area contributed by atoms with E-state index in [1.54, 1.807) is 36.6 Å². The van der Waals surface area contributed by atoms with Gasteiger partial charge in [0.25, 0.3) is 5.91 Å². The molecule has 2 heterocycles. The summed E-state index contributed by atoms with van der Waals surface area (Å²) in [6.07, 6.45) is 0. The molecule has 0 bridgehead atoms. The van der Waals surface area contributed by atoms with Crippen LogP contribution < -0.4 is 9.47 Å². The number of thiazole rings is 1. The van der Waals surface area contributed by atoms with Crippen molar-refractivity contribution in [2.45, 2.75) is 6.54 Å². The Morgan fingerprint density at radius 1 is 1.12 bits per heavy atom. The lowest BCUT2D eigenvalue weighted by Gasteiger charge is -2.34. The Morgan fingerprint density at radius 3 is 2.56 bits per heavy atom. The molecule has 0 spiro atoms. The van der Waals surface area contributed by atoms with Gasteiger partial charge in [-0.1, -0.05) is 17.7 Å². The topological polar surface area (TPSA) is 54.9 Å². The molecule has 168 valence electrons. The van der Waals surface area contributed by atoms with Crippen molar-refractivity contribution in [2.24, 2.45) is 0 Å². The Kier molecular flexibility index (Phi) is 6.93. The summed E-state index contributed by atoms with van der Waals surface area (Å²) in [6, 6.07) is 10.3. The molecule has 0 radical (unpaired) electrons. The predicted octanol–water partition coefficient (Wildman–Crippen LogP) is 4.58. The van der Waals surface area contributed by atoms with Crippen LogP contribution in [0, 0.1) is 5.82 Å². The van der Waals surface area contributed by atoms with Crippen molar-refractivity contribution >= 4 is 28.8 Å². The molecule has 3 aromatic rings. The molecule has 1 aliphatic heterocycles. The number of carbonyl (C=O) groups excluding carboxylic acids is 1. The van der Waals surface area contributed by atoms with E-state index in [2.05, 4.69) is 9.88 Å². The Hall–Kier alpha value is -2.68. The summed E-state index contributed by atoms with van der Waals surface area (Å²) >= 11 is 7.55. The largest absolute Gasteiger partial charge is 0.493 e. The Labute approximate surface area is 195 Å². The van der Waals surface area contributed by atoms with Crippen molar-refractivity contribution in [3.05, 3.63) is 63.9 Å². The van der Waals surface area contributed by atoms with Crippen LogP contribution in [0.25, 0.3) is 10.6 Å². The number of hydrogen-bond acceptors (Lipinski definition) is 6. The van der Waals surface area contributed by atoms with E-state index in [9.17, 15) is 9.18 Å². The molecule has 4 rings (SSSR count). The number of ether oxygens (including phenoxy) is 2. The lowest BCUT2D eigenvalue weighted by Crippen LogP contribution is -2.48. The zero-order valence-corrected chi connectivity index (χ0v) is 19.4. The van der Waals surface area contributed by atoms with Gasteiger partial charge in [-0.2, -0.15) is 0 Å². The van der Waals surface area contributed by atoms with Crippen molar-refractivity contribution in [1.82, 2.24) is 14.8 Å². The Bertz CT molecular complexity index is 1100. The number of aromatic nitrogens is 1. The quantitative estimate of drug-likeness (QED) is 0.522. The van der Waals surface area contributed by atoms with E-state index in [1.807, 2.05) is 18.2 Å². The van der Waals surface area contributed by atoms with E-state index in [-0.39, 0.29) is 11.7 Å². The molecule has 2 aromatic carbocycles. The SMILES string of the molecule is COc1ccc(-c2nc(C(=O)N3CCN(Cc4c(F)cccc4Cl)CC3)cs2)cc1OC. The van der Waals surface area contributed by atoms with Gasteiger partial charge in [-0.25, -0.2) is 9.37 Å². The molecule has 1 fully saturated rings. The number of halogens is 2. The molecule has 0 N–H and O–H groups in total. The van der Waals surface area contributed by atoms with Crippen LogP contribution in [0.5, 0.6) is 11.5 Å². The van der Waals surface area contributed by atoms with Gasteiger partial charge in [0.1, 0.15) is 16.5 Å². The maximum absolute atomic E-state index is 14.1. The number of carbonyl (C=O) groups is 1. The molecular formula is C23H23ClFN3O3S. The highest BCUT2D eigenvalue weighted by Gasteiger charge is 2.25. The molecule has 0 unspecified atom stereocenters. The summed E-state index contributed by atoms with van der Waals surface area (Å²) in [5.74, 6) is 0.843. The molecule has 0 atom stereocenters. The molecule has 6 nitrogen and oxygen atoms in total. The average molecular weight is 476 g/mol. The van der Waals surface area contributed by atoms with E-state index < -0.39 is 0 Å². The minimum Gasteiger partial charge on any atom is -0.493 e. The van der Waals surface area contributed by atoms with Gasteiger partial charge in [0.15, 0.2) is 11.5 Å². The first kappa shape index (κ1) is 22.5. The van der Waals surface area contributed by atoms with E-state index in [4.69, 9.17) is 21.1 Å². The highest BCUT2D eigenvalue weighted by molar-refractivity contribution is 7.13. The van der Waals surface area contributed by atoms with Crippen LogP contribution in [-0.2, 0) is 6.54 Å². The number of piperazine rings is 1. The van der Waals surface area contributed by atoms with Crippen molar-refractivity contribution in [3.8, 4) is 22.1 Å². The van der Waals surface area contributed by atoms with Crippen molar-refractivity contribution in [1.29, 1.82) is 0 Å². The van der Waals surface area contributed by atoms with E-state index in [1.165, 1.54) is 17.4 Å². The lowest BCUT2D eigenvalue weighted by atomic mass is 10.1. The molecule has 32 heavy (non-hydrogen) atoms. The van der Waals surface area contributed by atoms with Gasteiger partial charge in [-0.15, -0.1) is 11.3 Å². The molecule has 0 aliphatic carbocycles. The van der Waals surface area contributed by atoms with Gasteiger partial charge < -0.3 is 14.4 Å². The summed E-state index contributed by atoms with van der Waals surface area (Å²) in [5.41, 5.74) is 1.77. The summed E-state index contributed by atoms with van der Waals surface area (Å²) < 4.78 is 24.7. The number of benzene rings is 2. The van der Waals surface area contributed by atoms with Crippen LogP contribution in [0.4, 0.5) is 4.39 Å². The minimum absolute atomic E-state index is 0.100. The lowest BCUT2D eigenvalue weighted by molar-refractivity contribution is 0.0622. The highest BCUT2D eigenvalue weighted by atomic mass is 35.5. The van der Waals surface area contributed by atoms with Gasteiger partial charge in [-0.3, -0.25) is 9.69 Å². The monoisotopic (exact) mass is 475 g/mol. The fourth-order valence-corrected chi connectivity index (χ4v) is 4.67. The van der Waals surface area contributed by atoms with Crippen molar-refractivity contribution in [2.75, 3.05) is 40.4 Å². The van der Waals surface area contributed by atoms with Crippen LogP contribution in [0.1, 0.15) is 16.1 Å². The molecular weight excluding hydrogens is 453 g/mol. The second-order valence-electron chi connectivity index (χ2n) is 7.38.